The Labute approximate surface area is 216 Å². The van der Waals surface area contributed by atoms with Gasteiger partial charge in [-0.2, -0.15) is 0 Å². The molecule has 1 heterocycles. The highest BCUT2D eigenvalue weighted by Gasteiger charge is 2.23. The predicted octanol–water partition coefficient (Wildman–Crippen LogP) is 4.92. The van der Waals surface area contributed by atoms with Gasteiger partial charge in [0, 0.05) is 18.0 Å². The number of fused-ring (bicyclic) bond motifs is 1. The van der Waals surface area contributed by atoms with Crippen molar-refractivity contribution in [2.45, 2.75) is 24.7 Å². The Kier molecular flexibility index (Phi) is 10.6. The molecular weight excluding hydrogens is 517 g/mol. The van der Waals surface area contributed by atoms with Gasteiger partial charge in [-0.1, -0.05) is 22.9 Å². The Bertz CT molecular complexity index is 1200. The van der Waals surface area contributed by atoms with Crippen molar-refractivity contribution >= 4 is 66.4 Å². The summed E-state index contributed by atoms with van der Waals surface area (Å²) in [5.74, 6) is 0.201. The third-order valence-corrected chi connectivity index (χ3v) is 7.96. The zero-order valence-corrected chi connectivity index (χ0v) is 22.6. The average Bonchev–Trinajstić information content (AvgIpc) is 3.18. The van der Waals surface area contributed by atoms with Crippen LogP contribution in [-0.2, 0) is 14.6 Å². The highest BCUT2D eigenvalue weighted by molar-refractivity contribution is 7.91. The van der Waals surface area contributed by atoms with E-state index in [4.69, 9.17) is 16.3 Å². The normalized spacial score (nSPS) is 11.4. The van der Waals surface area contributed by atoms with Crippen molar-refractivity contribution in [1.82, 2.24) is 9.88 Å². The summed E-state index contributed by atoms with van der Waals surface area (Å²) in [4.78, 5) is 21.6. The molecule has 3 rings (SSSR count). The molecule has 0 bridgehead atoms. The Morgan fingerprint density at radius 3 is 2.47 bits per heavy atom. The molecule has 0 spiro atoms. The minimum absolute atomic E-state index is 0. The molecule has 0 aliphatic rings. The molecule has 11 heteroatoms. The van der Waals surface area contributed by atoms with Crippen LogP contribution in [0.5, 0.6) is 5.75 Å². The van der Waals surface area contributed by atoms with Crippen LogP contribution in [0.1, 0.15) is 19.8 Å². The van der Waals surface area contributed by atoms with Crippen LogP contribution in [0.15, 0.2) is 47.4 Å². The summed E-state index contributed by atoms with van der Waals surface area (Å²) >= 11 is 7.26. The van der Waals surface area contributed by atoms with Crippen molar-refractivity contribution in [3.8, 4) is 5.75 Å². The number of carbonyl (C=O) groups is 1. The maximum Gasteiger partial charge on any atom is 0.229 e. The van der Waals surface area contributed by atoms with Gasteiger partial charge in [-0.15, -0.1) is 12.4 Å². The fourth-order valence-electron chi connectivity index (χ4n) is 3.25. The van der Waals surface area contributed by atoms with Gasteiger partial charge in [-0.25, -0.2) is 13.4 Å². The lowest BCUT2D eigenvalue weighted by molar-refractivity contribution is -0.118. The number of benzene rings is 2. The smallest absolute Gasteiger partial charge is 0.229 e. The van der Waals surface area contributed by atoms with Gasteiger partial charge in [0.1, 0.15) is 5.75 Å². The molecule has 2 aromatic carbocycles. The highest BCUT2D eigenvalue weighted by atomic mass is 35.5. The quantitative estimate of drug-likeness (QED) is 0.340. The van der Waals surface area contributed by atoms with Crippen molar-refractivity contribution in [1.29, 1.82) is 0 Å². The fraction of sp³-hybridized carbons (Fsp3) is 0.391. The number of carbonyl (C=O) groups excluding carboxylic acids is 1. The average molecular weight is 547 g/mol. The number of halogens is 2. The van der Waals surface area contributed by atoms with E-state index in [1.807, 2.05) is 44.1 Å². The molecule has 0 fully saturated rings. The number of nitrogens with zero attached hydrogens (tertiary/aromatic N) is 3. The van der Waals surface area contributed by atoms with Gasteiger partial charge < -0.3 is 9.64 Å². The van der Waals surface area contributed by atoms with Crippen LogP contribution >= 0.6 is 35.3 Å². The van der Waals surface area contributed by atoms with Gasteiger partial charge in [0.25, 0.3) is 0 Å². The third kappa shape index (κ3) is 7.55. The molecule has 34 heavy (non-hydrogen) atoms. The molecule has 0 aliphatic heterocycles. The van der Waals surface area contributed by atoms with Crippen molar-refractivity contribution < 1.29 is 17.9 Å². The first-order valence-corrected chi connectivity index (χ1v) is 13.5. The molecule has 0 unspecified atom stereocenters. The predicted molar refractivity (Wildman–Crippen MR) is 142 cm³/mol. The molecular formula is C23H29Cl2N3O4S2. The zero-order chi connectivity index (χ0) is 24.0. The Balaban J connectivity index is 0.00000408. The van der Waals surface area contributed by atoms with Crippen LogP contribution in [-0.4, -0.2) is 63.8 Å². The van der Waals surface area contributed by atoms with E-state index in [2.05, 4.69) is 4.98 Å². The summed E-state index contributed by atoms with van der Waals surface area (Å²) in [5, 5.41) is 1.02. The van der Waals surface area contributed by atoms with E-state index in [0.29, 0.717) is 23.3 Å². The third-order valence-electron chi connectivity index (χ3n) is 4.94. The highest BCUT2D eigenvalue weighted by Crippen LogP contribution is 2.32. The van der Waals surface area contributed by atoms with Crippen molar-refractivity contribution in [3.63, 3.8) is 0 Å². The number of aromatic nitrogens is 1. The molecule has 186 valence electrons. The second kappa shape index (κ2) is 12.7. The second-order valence-electron chi connectivity index (χ2n) is 7.78. The van der Waals surface area contributed by atoms with Crippen LogP contribution in [0.4, 0.5) is 5.13 Å². The minimum Gasteiger partial charge on any atom is -0.494 e. The molecule has 0 N–H and O–H groups in total. The van der Waals surface area contributed by atoms with Gasteiger partial charge in [0.05, 0.1) is 27.5 Å². The van der Waals surface area contributed by atoms with E-state index in [1.54, 1.807) is 4.90 Å². The van der Waals surface area contributed by atoms with E-state index >= 15 is 0 Å². The van der Waals surface area contributed by atoms with E-state index in [-0.39, 0.29) is 35.4 Å². The number of rotatable bonds is 11. The molecule has 0 radical (unpaired) electrons. The second-order valence-corrected chi connectivity index (χ2v) is 11.3. The largest absolute Gasteiger partial charge is 0.494 e. The van der Waals surface area contributed by atoms with Crippen molar-refractivity contribution in [3.05, 3.63) is 47.5 Å². The van der Waals surface area contributed by atoms with E-state index in [9.17, 15) is 13.2 Å². The number of hydrogen-bond donors (Lipinski definition) is 0. The van der Waals surface area contributed by atoms with Crippen LogP contribution in [0.3, 0.4) is 0 Å². The minimum atomic E-state index is -3.61. The summed E-state index contributed by atoms with van der Waals surface area (Å²) in [6.07, 6.45) is 0.607. The van der Waals surface area contributed by atoms with E-state index < -0.39 is 9.84 Å². The van der Waals surface area contributed by atoms with Crippen LogP contribution < -0.4 is 9.64 Å². The summed E-state index contributed by atoms with van der Waals surface area (Å²) in [5.41, 5.74) is 0.776. The van der Waals surface area contributed by atoms with Crippen molar-refractivity contribution in [2.75, 3.05) is 44.4 Å². The summed E-state index contributed by atoms with van der Waals surface area (Å²) in [7, 11) is 0.334. The molecule has 0 saturated carbocycles. The standard InChI is InChI=1S/C23H28ClN3O4S2.ClH/c1-4-31-18-8-11-20-21(16-18)32-23(25-20)27(14-5-13-26(2)3)22(28)12-15-33(29,30)19-9-6-17(24)7-10-19;/h6-11,16H,4-5,12-15H2,1-3H3;1H. The first-order valence-electron chi connectivity index (χ1n) is 10.7. The lowest BCUT2D eigenvalue weighted by Gasteiger charge is -2.21. The molecule has 1 aromatic heterocycles. The summed E-state index contributed by atoms with van der Waals surface area (Å²) < 4.78 is 31.9. The number of ether oxygens (including phenoxy) is 1. The molecule has 1 amide bonds. The fourth-order valence-corrected chi connectivity index (χ4v) is 5.65. The Morgan fingerprint density at radius 1 is 1.12 bits per heavy atom. The first kappa shape index (κ1) is 28.3. The first-order chi connectivity index (χ1) is 15.7. The molecule has 0 atom stereocenters. The summed E-state index contributed by atoms with van der Waals surface area (Å²) in [6.45, 7) is 3.74. The Morgan fingerprint density at radius 2 is 1.82 bits per heavy atom. The lowest BCUT2D eigenvalue weighted by Crippen LogP contribution is -2.34. The maximum absolute atomic E-state index is 13.2. The van der Waals surface area contributed by atoms with E-state index in [0.717, 1.165) is 28.9 Å². The zero-order valence-electron chi connectivity index (χ0n) is 19.4. The van der Waals surface area contributed by atoms with Gasteiger partial charge in [-0.05, 0) is 76.4 Å². The van der Waals surface area contributed by atoms with E-state index in [1.165, 1.54) is 35.6 Å². The van der Waals surface area contributed by atoms with Crippen LogP contribution in [0.2, 0.25) is 5.02 Å². The number of anilines is 1. The van der Waals surface area contributed by atoms with Crippen LogP contribution in [0.25, 0.3) is 10.2 Å². The summed E-state index contributed by atoms with van der Waals surface area (Å²) in [6, 6.07) is 11.6. The maximum atomic E-state index is 13.2. The number of thiazole rings is 1. The van der Waals surface area contributed by atoms with Gasteiger partial charge >= 0.3 is 0 Å². The van der Waals surface area contributed by atoms with Gasteiger partial charge in [-0.3, -0.25) is 9.69 Å². The molecule has 3 aromatic rings. The topological polar surface area (TPSA) is 79.8 Å². The van der Waals surface area contributed by atoms with Gasteiger partial charge in [0.15, 0.2) is 15.0 Å². The number of sulfone groups is 1. The monoisotopic (exact) mass is 545 g/mol. The lowest BCUT2D eigenvalue weighted by atomic mass is 10.3. The van der Waals surface area contributed by atoms with Gasteiger partial charge in [0.2, 0.25) is 5.91 Å². The van der Waals surface area contributed by atoms with Crippen LogP contribution in [0, 0.1) is 0 Å². The molecule has 0 aliphatic carbocycles. The molecule has 0 saturated heterocycles. The SMILES string of the molecule is CCOc1ccc2nc(N(CCCN(C)C)C(=O)CCS(=O)(=O)c3ccc(Cl)cc3)sc2c1.Cl. The number of amides is 1. The molecule has 7 nitrogen and oxygen atoms in total. The van der Waals surface area contributed by atoms with Crippen molar-refractivity contribution in [2.24, 2.45) is 0 Å². The Hall–Kier alpha value is -1.91. The number of hydrogen-bond acceptors (Lipinski definition) is 7.